The van der Waals surface area contributed by atoms with Crippen LogP contribution in [0.4, 0.5) is 0 Å². The number of hydrogen-bond acceptors (Lipinski definition) is 6. The van der Waals surface area contributed by atoms with Crippen molar-refractivity contribution < 1.29 is 13.2 Å². The van der Waals surface area contributed by atoms with Crippen molar-refractivity contribution >= 4 is 38.7 Å². The molecule has 1 aromatic carbocycles. The number of piperidine rings is 1. The molecule has 0 saturated carbocycles. The number of hydrogen-bond donors (Lipinski definition) is 1. The molecule has 2 heterocycles. The molecular weight excluding hydrogens is 372 g/mol. The zero-order chi connectivity index (χ0) is 18.7. The van der Waals surface area contributed by atoms with Crippen molar-refractivity contribution in [3.05, 3.63) is 18.2 Å². The van der Waals surface area contributed by atoms with E-state index in [2.05, 4.69) is 27.9 Å². The van der Waals surface area contributed by atoms with Crippen LogP contribution in [0.1, 0.15) is 33.1 Å². The molecule has 142 valence electrons. The predicted molar refractivity (Wildman–Crippen MR) is 101 cm³/mol. The van der Waals surface area contributed by atoms with Crippen LogP contribution in [0.25, 0.3) is 11.0 Å². The zero-order valence-corrected chi connectivity index (χ0v) is 16.6. The van der Waals surface area contributed by atoms with Gasteiger partial charge in [0.05, 0.1) is 11.7 Å². The predicted octanol–water partition coefficient (Wildman–Crippen LogP) is 2.25. The summed E-state index contributed by atoms with van der Waals surface area (Å²) in [5, 5.41) is 2.97. The Kier molecular flexibility index (Phi) is 5.89. The molecule has 26 heavy (non-hydrogen) atoms. The van der Waals surface area contributed by atoms with Gasteiger partial charge in [0.25, 0.3) is 0 Å². The van der Waals surface area contributed by atoms with Gasteiger partial charge in [0.2, 0.25) is 15.9 Å². The topological polar surface area (TPSA) is 92.3 Å². The lowest BCUT2D eigenvalue weighted by molar-refractivity contribution is -0.126. The van der Waals surface area contributed by atoms with Crippen LogP contribution >= 0.6 is 11.7 Å². The number of amides is 1. The Hall–Kier alpha value is -1.58. The maximum absolute atomic E-state index is 13.0. The van der Waals surface area contributed by atoms with Crippen LogP contribution in [0.2, 0.25) is 0 Å². The first kappa shape index (κ1) is 19.2. The second-order valence-electron chi connectivity index (χ2n) is 7.04. The quantitative estimate of drug-likeness (QED) is 0.808. The van der Waals surface area contributed by atoms with Gasteiger partial charge in [0.15, 0.2) is 0 Å². The van der Waals surface area contributed by atoms with E-state index < -0.39 is 10.0 Å². The number of fused-ring (bicyclic) bond motifs is 1. The zero-order valence-electron chi connectivity index (χ0n) is 15.0. The first-order chi connectivity index (χ1) is 12.4. The second-order valence-corrected chi connectivity index (χ2v) is 9.47. The van der Waals surface area contributed by atoms with Gasteiger partial charge in [0, 0.05) is 25.6 Å². The van der Waals surface area contributed by atoms with E-state index in [1.54, 1.807) is 18.2 Å². The lowest BCUT2D eigenvalue weighted by Crippen LogP contribution is -2.43. The van der Waals surface area contributed by atoms with Crippen molar-refractivity contribution in [3.63, 3.8) is 0 Å². The minimum absolute atomic E-state index is 0.0356. The first-order valence-corrected chi connectivity index (χ1v) is 11.1. The van der Waals surface area contributed by atoms with Crippen molar-refractivity contribution in [2.45, 2.75) is 38.0 Å². The molecule has 2 aromatic rings. The van der Waals surface area contributed by atoms with Gasteiger partial charge in [-0.05, 0) is 37.3 Å². The third kappa shape index (κ3) is 4.05. The largest absolute Gasteiger partial charge is 0.356 e. The molecule has 1 aliphatic rings. The highest BCUT2D eigenvalue weighted by Crippen LogP contribution is 2.28. The molecule has 9 heteroatoms. The summed E-state index contributed by atoms with van der Waals surface area (Å²) in [6, 6.07) is 5.01. The van der Waals surface area contributed by atoms with E-state index >= 15 is 0 Å². The SMILES string of the molecule is CC(C)CCNC(=O)C1CCN(S(=O)(=O)c2cccc3nsnc23)CC1. The fourth-order valence-corrected chi connectivity index (χ4v) is 5.34. The summed E-state index contributed by atoms with van der Waals surface area (Å²) in [5.74, 6) is 0.462. The summed E-state index contributed by atoms with van der Waals surface area (Å²) < 4.78 is 35.7. The summed E-state index contributed by atoms with van der Waals surface area (Å²) in [7, 11) is -3.63. The number of aromatic nitrogens is 2. The summed E-state index contributed by atoms with van der Waals surface area (Å²) >= 11 is 1.01. The maximum atomic E-state index is 13.0. The molecule has 0 atom stereocenters. The monoisotopic (exact) mass is 396 g/mol. The van der Waals surface area contributed by atoms with Crippen LogP contribution in [0.15, 0.2) is 23.1 Å². The van der Waals surface area contributed by atoms with E-state index in [-0.39, 0.29) is 16.7 Å². The molecule has 0 spiro atoms. The summed E-state index contributed by atoms with van der Waals surface area (Å²) in [4.78, 5) is 12.4. The van der Waals surface area contributed by atoms with Gasteiger partial charge in [-0.2, -0.15) is 13.1 Å². The molecule has 1 aromatic heterocycles. The Bertz CT molecular complexity index is 871. The molecule has 7 nitrogen and oxygen atoms in total. The number of rotatable bonds is 6. The number of sulfonamides is 1. The van der Waals surface area contributed by atoms with Gasteiger partial charge < -0.3 is 5.32 Å². The molecule has 1 fully saturated rings. The Balaban J connectivity index is 1.64. The third-order valence-corrected chi connectivity index (χ3v) is 7.19. The third-order valence-electron chi connectivity index (χ3n) is 4.71. The van der Waals surface area contributed by atoms with Crippen LogP contribution in [0.3, 0.4) is 0 Å². The second kappa shape index (κ2) is 7.98. The molecule has 0 bridgehead atoms. The Morgan fingerprint density at radius 2 is 2.04 bits per heavy atom. The fourth-order valence-electron chi connectivity index (χ4n) is 3.12. The minimum Gasteiger partial charge on any atom is -0.356 e. The normalized spacial score (nSPS) is 17.0. The van der Waals surface area contributed by atoms with E-state index in [1.807, 2.05) is 0 Å². The van der Waals surface area contributed by atoms with Crippen molar-refractivity contribution in [2.24, 2.45) is 11.8 Å². The number of nitrogens with one attached hydrogen (secondary N) is 1. The van der Waals surface area contributed by atoms with E-state index in [4.69, 9.17) is 0 Å². The van der Waals surface area contributed by atoms with Crippen LogP contribution in [-0.2, 0) is 14.8 Å². The van der Waals surface area contributed by atoms with E-state index in [1.165, 1.54) is 4.31 Å². The first-order valence-electron chi connectivity index (χ1n) is 8.88. The van der Waals surface area contributed by atoms with Crippen LogP contribution in [0, 0.1) is 11.8 Å². The molecule has 0 radical (unpaired) electrons. The number of carbonyl (C=O) groups excluding carboxylic acids is 1. The molecule has 3 rings (SSSR count). The average molecular weight is 397 g/mol. The van der Waals surface area contributed by atoms with E-state index in [0.29, 0.717) is 49.4 Å². The molecule has 1 amide bonds. The number of benzene rings is 1. The highest BCUT2D eigenvalue weighted by molar-refractivity contribution is 7.89. The highest BCUT2D eigenvalue weighted by atomic mass is 32.2. The van der Waals surface area contributed by atoms with Crippen molar-refractivity contribution in [2.75, 3.05) is 19.6 Å². The van der Waals surface area contributed by atoms with Gasteiger partial charge in [-0.25, -0.2) is 8.42 Å². The van der Waals surface area contributed by atoms with Crippen molar-refractivity contribution in [3.8, 4) is 0 Å². The molecule has 0 aliphatic carbocycles. The van der Waals surface area contributed by atoms with Crippen LogP contribution in [-0.4, -0.2) is 47.0 Å². The van der Waals surface area contributed by atoms with Gasteiger partial charge in [-0.15, -0.1) is 0 Å². The summed E-state index contributed by atoms with van der Waals surface area (Å²) in [6.07, 6.45) is 2.03. The molecular formula is C17H24N4O3S2. The van der Waals surface area contributed by atoms with Gasteiger partial charge in [-0.3, -0.25) is 4.79 Å². The standard InChI is InChI=1S/C17H24N4O3S2/c1-12(2)6-9-18-17(22)13-7-10-21(11-8-13)26(23,24)15-5-3-4-14-16(15)20-25-19-14/h3-5,12-13H,6-11H2,1-2H3,(H,18,22). The smallest absolute Gasteiger partial charge is 0.245 e. The van der Waals surface area contributed by atoms with Gasteiger partial charge in [0.1, 0.15) is 15.9 Å². The van der Waals surface area contributed by atoms with E-state index in [9.17, 15) is 13.2 Å². The number of nitrogens with zero attached hydrogens (tertiary/aromatic N) is 3. The van der Waals surface area contributed by atoms with Crippen LogP contribution < -0.4 is 5.32 Å². The molecule has 0 unspecified atom stereocenters. The molecule has 1 saturated heterocycles. The number of carbonyl (C=O) groups is 1. The van der Waals surface area contributed by atoms with Crippen molar-refractivity contribution in [1.82, 2.24) is 18.4 Å². The fraction of sp³-hybridized carbons (Fsp3) is 0.588. The van der Waals surface area contributed by atoms with Gasteiger partial charge >= 0.3 is 0 Å². The highest BCUT2D eigenvalue weighted by Gasteiger charge is 2.33. The lowest BCUT2D eigenvalue weighted by Gasteiger charge is -2.30. The van der Waals surface area contributed by atoms with E-state index in [0.717, 1.165) is 18.1 Å². The molecule has 1 aliphatic heterocycles. The van der Waals surface area contributed by atoms with Crippen LogP contribution in [0.5, 0.6) is 0 Å². The minimum atomic E-state index is -3.63. The Labute approximate surface area is 158 Å². The Morgan fingerprint density at radius 1 is 1.31 bits per heavy atom. The summed E-state index contributed by atoms with van der Waals surface area (Å²) in [5.41, 5.74) is 1.02. The molecule has 1 N–H and O–H groups in total. The lowest BCUT2D eigenvalue weighted by atomic mass is 9.97. The van der Waals surface area contributed by atoms with Crippen molar-refractivity contribution in [1.29, 1.82) is 0 Å². The Morgan fingerprint density at radius 3 is 2.73 bits per heavy atom. The summed E-state index contributed by atoms with van der Waals surface area (Å²) in [6.45, 7) is 5.60. The average Bonchev–Trinajstić information content (AvgIpc) is 3.10. The van der Waals surface area contributed by atoms with Gasteiger partial charge in [-0.1, -0.05) is 19.9 Å². The maximum Gasteiger partial charge on any atom is 0.245 e.